The highest BCUT2D eigenvalue weighted by Gasteiger charge is 2.30. The van der Waals surface area contributed by atoms with Gasteiger partial charge in [0.15, 0.2) is 0 Å². The van der Waals surface area contributed by atoms with Gasteiger partial charge in [0.2, 0.25) is 0 Å². The molecule has 0 radical (unpaired) electrons. The number of hydrogen-bond acceptors (Lipinski definition) is 2. The van der Waals surface area contributed by atoms with E-state index in [2.05, 4.69) is 74.5 Å². The molecule has 0 atom stereocenters. The second kappa shape index (κ2) is 7.43. The summed E-state index contributed by atoms with van der Waals surface area (Å²) in [7, 11) is -1.37. The van der Waals surface area contributed by atoms with E-state index < -0.39 is 8.80 Å². The lowest BCUT2D eigenvalue weighted by Crippen LogP contribution is -2.47. The maximum atomic E-state index is 5.80. The first-order valence-corrected chi connectivity index (χ1v) is 10.2. The van der Waals surface area contributed by atoms with Crippen LogP contribution >= 0.6 is 0 Å². The van der Waals surface area contributed by atoms with Gasteiger partial charge in [0.05, 0.1) is 11.2 Å². The highest BCUT2D eigenvalue weighted by molar-refractivity contribution is 6.85. The van der Waals surface area contributed by atoms with Crippen LogP contribution in [0.25, 0.3) is 0 Å². The average Bonchev–Trinajstić information content (AvgIpc) is 2.52. The summed E-state index contributed by atoms with van der Waals surface area (Å²) < 4.78 is 0. The molecule has 2 nitrogen and oxygen atoms in total. The van der Waals surface area contributed by atoms with E-state index in [0.29, 0.717) is 0 Å². The van der Waals surface area contributed by atoms with E-state index in [1.807, 2.05) is 20.8 Å². The minimum Gasteiger partial charge on any atom is -0.230 e. The Morgan fingerprint density at radius 1 is 0.696 bits per heavy atom. The van der Waals surface area contributed by atoms with Gasteiger partial charge in [-0.3, -0.25) is 0 Å². The summed E-state index contributed by atoms with van der Waals surface area (Å²) in [5.74, 6) is 0. The van der Waals surface area contributed by atoms with E-state index in [1.54, 1.807) is 0 Å². The molecule has 0 bridgehead atoms. The van der Waals surface area contributed by atoms with Crippen molar-refractivity contribution in [2.45, 2.75) is 51.9 Å². The van der Waals surface area contributed by atoms with Gasteiger partial charge < -0.3 is 0 Å². The molecule has 0 aromatic heterocycles. The molecule has 3 heteroatoms. The van der Waals surface area contributed by atoms with Crippen molar-refractivity contribution in [1.29, 1.82) is 0 Å². The third-order valence-corrected chi connectivity index (χ3v) is 7.39. The van der Waals surface area contributed by atoms with Gasteiger partial charge in [-0.15, -0.1) is 0 Å². The van der Waals surface area contributed by atoms with E-state index in [-0.39, 0.29) is 11.2 Å². The van der Waals surface area contributed by atoms with E-state index in [9.17, 15) is 0 Å². The van der Waals surface area contributed by atoms with Crippen molar-refractivity contribution in [3.8, 4) is 0 Å². The van der Waals surface area contributed by atoms with E-state index in [0.717, 1.165) is 6.04 Å². The highest BCUT2D eigenvalue weighted by atomic mass is 28.3. The van der Waals surface area contributed by atoms with Crippen LogP contribution in [0, 0.1) is 0 Å². The summed E-state index contributed by atoms with van der Waals surface area (Å²) in [4.78, 5) is 11.4. The van der Waals surface area contributed by atoms with Crippen molar-refractivity contribution in [3.63, 3.8) is 0 Å². The molecule has 0 unspecified atom stereocenters. The Morgan fingerprint density at radius 3 is 1.52 bits per heavy atom. The lowest BCUT2D eigenvalue weighted by Gasteiger charge is -2.31. The molecule has 0 N–H and O–H groups in total. The summed E-state index contributed by atoms with van der Waals surface area (Å²) in [6.45, 7) is 10.3. The average molecular weight is 329 g/mol. The summed E-state index contributed by atoms with van der Waals surface area (Å²) in [6.07, 6.45) is 0. The van der Waals surface area contributed by atoms with Crippen LogP contribution in [0.2, 0.25) is 6.04 Å². The molecule has 0 saturated carbocycles. The largest absolute Gasteiger partial charge is 0.230 e. The molecule has 0 aliphatic carbocycles. The Bertz CT molecular complexity index is 549. The number of rotatable bonds is 6. The fraction of sp³-hybridized carbons (Fsp3) is 0.400. The molecule has 0 spiro atoms. The molecular weight excluding hydrogens is 300 g/mol. The second-order valence-corrected chi connectivity index (χ2v) is 10.5. The van der Waals surface area contributed by atoms with E-state index >= 15 is 0 Å². The number of hydrogen-bond donors (Lipinski definition) is 0. The molecule has 0 saturated heterocycles. The molecule has 0 amide bonds. The van der Waals surface area contributed by atoms with Gasteiger partial charge in [-0.1, -0.05) is 71.0 Å². The van der Waals surface area contributed by atoms with Gasteiger partial charge >= 0.3 is 0 Å². The second-order valence-electron chi connectivity index (χ2n) is 7.62. The third kappa shape index (κ3) is 5.94. The predicted octanol–water partition coefficient (Wildman–Crippen LogP) is 3.55. The van der Waals surface area contributed by atoms with Crippen LogP contribution in [0.15, 0.2) is 60.7 Å². The molecular formula is C20H28O2Si. The van der Waals surface area contributed by atoms with Gasteiger partial charge in [0, 0.05) is 0 Å². The van der Waals surface area contributed by atoms with Gasteiger partial charge in [0.1, 0.15) is 8.80 Å². The fourth-order valence-corrected chi connectivity index (χ4v) is 5.84. The Labute approximate surface area is 142 Å². The van der Waals surface area contributed by atoms with Crippen LogP contribution in [-0.4, -0.2) is 20.0 Å². The maximum absolute atomic E-state index is 5.80. The third-order valence-electron chi connectivity index (χ3n) is 3.62. The van der Waals surface area contributed by atoms with Gasteiger partial charge in [-0.25, -0.2) is 9.78 Å². The summed E-state index contributed by atoms with van der Waals surface area (Å²) in [6, 6.07) is 22.6. The highest BCUT2D eigenvalue weighted by Crippen LogP contribution is 2.21. The summed E-state index contributed by atoms with van der Waals surface area (Å²) in [5, 5.41) is 2.87. The van der Waals surface area contributed by atoms with Crippen LogP contribution in [0.5, 0.6) is 0 Å². The molecule has 0 fully saturated rings. The van der Waals surface area contributed by atoms with Crippen molar-refractivity contribution in [2.75, 3.05) is 0 Å². The monoisotopic (exact) mass is 328 g/mol. The smallest absolute Gasteiger partial charge is 0.106 e. The van der Waals surface area contributed by atoms with E-state index in [4.69, 9.17) is 9.78 Å². The lowest BCUT2D eigenvalue weighted by molar-refractivity contribution is -0.393. The molecule has 2 aromatic rings. The summed E-state index contributed by atoms with van der Waals surface area (Å²) >= 11 is 0. The van der Waals surface area contributed by atoms with Crippen molar-refractivity contribution in [2.24, 2.45) is 0 Å². The van der Waals surface area contributed by atoms with Gasteiger partial charge in [-0.05, 0) is 40.7 Å². The molecule has 0 aliphatic rings. The molecule has 0 aliphatic heterocycles. The Balaban J connectivity index is 2.22. The quantitative estimate of drug-likeness (QED) is 0.459. The minimum atomic E-state index is -1.37. The molecule has 124 valence electrons. The Morgan fingerprint density at radius 2 is 1.13 bits per heavy atom. The first kappa shape index (κ1) is 17.9. The zero-order valence-electron chi connectivity index (χ0n) is 14.9. The summed E-state index contributed by atoms with van der Waals surface area (Å²) in [5.41, 5.74) is -0.621. The molecule has 2 rings (SSSR count). The zero-order valence-corrected chi connectivity index (χ0v) is 16.0. The zero-order chi connectivity index (χ0) is 16.9. The van der Waals surface area contributed by atoms with Crippen LogP contribution in [0.3, 0.4) is 0 Å². The normalized spacial score (nSPS) is 12.6. The number of benzene rings is 2. The van der Waals surface area contributed by atoms with Crippen LogP contribution in [0.1, 0.15) is 34.6 Å². The van der Waals surface area contributed by atoms with Crippen LogP contribution in [0.4, 0.5) is 0 Å². The SMILES string of the molecule is CC(C)(C)OOC(C)(C)C[SiH](c1ccccc1)c1ccccc1. The Hall–Kier alpha value is -1.42. The van der Waals surface area contributed by atoms with Gasteiger partial charge in [0.25, 0.3) is 0 Å². The molecule has 0 heterocycles. The standard InChI is InChI=1S/C20H28O2Si/c1-19(2,3)21-22-20(4,5)16-23(17-12-8-6-9-13-17)18-14-10-7-11-15-18/h6-15,23H,16H2,1-5H3. The lowest BCUT2D eigenvalue weighted by atomic mass is 10.2. The molecule has 23 heavy (non-hydrogen) atoms. The predicted molar refractivity (Wildman–Crippen MR) is 100 cm³/mol. The fourth-order valence-electron chi connectivity index (χ4n) is 2.56. The van der Waals surface area contributed by atoms with Crippen molar-refractivity contribution >= 4 is 19.2 Å². The van der Waals surface area contributed by atoms with E-state index in [1.165, 1.54) is 10.4 Å². The minimum absolute atomic E-state index is 0.298. The topological polar surface area (TPSA) is 18.5 Å². The molecule has 2 aromatic carbocycles. The van der Waals surface area contributed by atoms with Crippen LogP contribution in [-0.2, 0) is 9.78 Å². The van der Waals surface area contributed by atoms with Crippen molar-refractivity contribution in [1.82, 2.24) is 0 Å². The Kier molecular flexibility index (Phi) is 5.79. The van der Waals surface area contributed by atoms with Crippen molar-refractivity contribution < 1.29 is 9.78 Å². The first-order chi connectivity index (χ1) is 10.8. The van der Waals surface area contributed by atoms with Crippen LogP contribution < -0.4 is 10.4 Å². The van der Waals surface area contributed by atoms with Gasteiger partial charge in [-0.2, -0.15) is 0 Å². The maximum Gasteiger partial charge on any atom is 0.106 e. The van der Waals surface area contributed by atoms with Crippen molar-refractivity contribution in [3.05, 3.63) is 60.7 Å². The first-order valence-electron chi connectivity index (χ1n) is 8.24.